The molecule has 0 unspecified atom stereocenters. The van der Waals surface area contributed by atoms with Crippen LogP contribution in [0.25, 0.3) is 0 Å². The number of primary sulfonamides is 2. The van der Waals surface area contributed by atoms with Crippen LogP contribution in [0.2, 0.25) is 0 Å². The van der Waals surface area contributed by atoms with Gasteiger partial charge in [0, 0.05) is 13.1 Å². The standard InChI is InChI=1S/2C7H10N2O2S/c2*8-5-6-1-3-7(4-2-6)12(9,10)11/h2*1-4H,5,8H2,(H2,9,10,11). The van der Waals surface area contributed by atoms with Crippen molar-refractivity contribution in [1.29, 1.82) is 0 Å². The fraction of sp³-hybridized carbons (Fsp3) is 0.143. The minimum atomic E-state index is -3.57. The fourth-order valence-corrected chi connectivity index (χ4v) is 2.66. The highest BCUT2D eigenvalue weighted by atomic mass is 32.2. The van der Waals surface area contributed by atoms with Crippen molar-refractivity contribution in [3.63, 3.8) is 0 Å². The Balaban J connectivity index is 0.000000240. The van der Waals surface area contributed by atoms with Crippen LogP contribution >= 0.6 is 0 Å². The first kappa shape index (κ1) is 20.2. The molecule has 0 aliphatic rings. The van der Waals surface area contributed by atoms with E-state index >= 15 is 0 Å². The molecule has 8 nitrogen and oxygen atoms in total. The maximum atomic E-state index is 10.8. The van der Waals surface area contributed by atoms with Gasteiger partial charge < -0.3 is 11.5 Å². The van der Waals surface area contributed by atoms with Gasteiger partial charge in [-0.3, -0.25) is 0 Å². The molecule has 0 saturated heterocycles. The molecule has 0 fully saturated rings. The van der Waals surface area contributed by atoms with Crippen LogP contribution < -0.4 is 21.7 Å². The second kappa shape index (κ2) is 8.33. The summed E-state index contributed by atoms with van der Waals surface area (Å²) in [6.07, 6.45) is 0. The number of hydrogen-bond acceptors (Lipinski definition) is 6. The topological polar surface area (TPSA) is 172 Å². The van der Waals surface area contributed by atoms with Gasteiger partial charge in [-0.05, 0) is 35.4 Å². The molecular weight excluding hydrogens is 352 g/mol. The molecule has 10 heteroatoms. The largest absolute Gasteiger partial charge is 0.326 e. The average molecular weight is 372 g/mol. The summed E-state index contributed by atoms with van der Waals surface area (Å²) in [4.78, 5) is 0.222. The third-order valence-electron chi connectivity index (χ3n) is 2.98. The zero-order valence-electron chi connectivity index (χ0n) is 12.8. The van der Waals surface area contributed by atoms with Crippen LogP contribution in [0.15, 0.2) is 58.3 Å². The molecule has 0 saturated carbocycles. The van der Waals surface area contributed by atoms with Crippen LogP contribution in [-0.4, -0.2) is 16.8 Å². The highest BCUT2D eigenvalue weighted by molar-refractivity contribution is 7.89. The lowest BCUT2D eigenvalue weighted by atomic mass is 10.2. The Morgan fingerprint density at radius 2 is 0.833 bits per heavy atom. The molecule has 8 N–H and O–H groups in total. The molecule has 0 spiro atoms. The van der Waals surface area contributed by atoms with Crippen molar-refractivity contribution in [3.05, 3.63) is 59.7 Å². The van der Waals surface area contributed by atoms with Crippen LogP contribution in [0, 0.1) is 0 Å². The van der Waals surface area contributed by atoms with Gasteiger partial charge in [0.15, 0.2) is 0 Å². The summed E-state index contributed by atoms with van der Waals surface area (Å²) in [5, 5.41) is 9.78. The van der Waals surface area contributed by atoms with Crippen LogP contribution in [0.4, 0.5) is 0 Å². The van der Waals surface area contributed by atoms with E-state index in [9.17, 15) is 16.8 Å². The molecule has 2 aromatic rings. The van der Waals surface area contributed by atoms with Crippen molar-refractivity contribution in [1.82, 2.24) is 0 Å². The first-order chi connectivity index (χ1) is 11.1. The lowest BCUT2D eigenvalue weighted by Crippen LogP contribution is -2.12. The van der Waals surface area contributed by atoms with Gasteiger partial charge in [0.25, 0.3) is 0 Å². The summed E-state index contributed by atoms with van der Waals surface area (Å²) >= 11 is 0. The Morgan fingerprint density at radius 1 is 0.583 bits per heavy atom. The van der Waals surface area contributed by atoms with Gasteiger partial charge in [-0.15, -0.1) is 0 Å². The van der Waals surface area contributed by atoms with E-state index in [-0.39, 0.29) is 9.79 Å². The first-order valence-corrected chi connectivity index (χ1v) is 9.81. The number of sulfonamides is 2. The lowest BCUT2D eigenvalue weighted by Gasteiger charge is -1.98. The molecule has 0 amide bonds. The van der Waals surface area contributed by atoms with Crippen LogP contribution in [0.1, 0.15) is 11.1 Å². The summed E-state index contributed by atoms with van der Waals surface area (Å²) < 4.78 is 43.1. The molecule has 0 bridgehead atoms. The number of rotatable bonds is 4. The smallest absolute Gasteiger partial charge is 0.238 e. The third-order valence-corrected chi connectivity index (χ3v) is 4.83. The summed E-state index contributed by atoms with van der Waals surface area (Å²) in [7, 11) is -7.14. The second-order valence-electron chi connectivity index (χ2n) is 4.79. The fourth-order valence-electron chi connectivity index (χ4n) is 1.63. The zero-order chi connectivity index (χ0) is 18.4. The van der Waals surface area contributed by atoms with Crippen molar-refractivity contribution >= 4 is 20.0 Å². The molecule has 0 heterocycles. The maximum Gasteiger partial charge on any atom is 0.238 e. The summed E-state index contributed by atoms with van der Waals surface area (Å²) in [6.45, 7) is 0.787. The predicted molar refractivity (Wildman–Crippen MR) is 91.4 cm³/mol. The highest BCUT2D eigenvalue weighted by Gasteiger charge is 2.06. The van der Waals surface area contributed by atoms with E-state index in [0.29, 0.717) is 13.1 Å². The second-order valence-corrected chi connectivity index (χ2v) is 7.91. The summed E-state index contributed by atoms with van der Waals surface area (Å²) in [6, 6.07) is 12.3. The van der Waals surface area contributed by atoms with Crippen molar-refractivity contribution < 1.29 is 16.8 Å². The lowest BCUT2D eigenvalue weighted by molar-refractivity contribution is 0.596. The van der Waals surface area contributed by atoms with Crippen molar-refractivity contribution in [2.45, 2.75) is 22.9 Å². The third kappa shape index (κ3) is 6.35. The van der Waals surface area contributed by atoms with Crippen LogP contribution in [0.3, 0.4) is 0 Å². The number of hydrogen-bond donors (Lipinski definition) is 4. The molecule has 0 aliphatic carbocycles. The van der Waals surface area contributed by atoms with Gasteiger partial charge in [0.2, 0.25) is 20.0 Å². The van der Waals surface area contributed by atoms with E-state index < -0.39 is 20.0 Å². The molecule has 2 aromatic carbocycles. The summed E-state index contributed by atoms with van der Waals surface area (Å²) in [5.74, 6) is 0. The van der Waals surface area contributed by atoms with Gasteiger partial charge >= 0.3 is 0 Å². The van der Waals surface area contributed by atoms with E-state index in [0.717, 1.165) is 11.1 Å². The van der Waals surface area contributed by atoms with E-state index in [2.05, 4.69) is 0 Å². The molecule has 0 atom stereocenters. The SMILES string of the molecule is NCc1ccc(S(N)(=O)=O)cc1.NCc1ccc(S(N)(=O)=O)cc1. The first-order valence-electron chi connectivity index (χ1n) is 6.71. The molecule has 2 rings (SSSR count). The molecule has 0 aromatic heterocycles. The summed E-state index contributed by atoms with van der Waals surface area (Å²) in [5.41, 5.74) is 12.4. The molecule has 24 heavy (non-hydrogen) atoms. The van der Waals surface area contributed by atoms with Crippen molar-refractivity contribution in [2.24, 2.45) is 21.7 Å². The average Bonchev–Trinajstić information content (AvgIpc) is 2.54. The van der Waals surface area contributed by atoms with Gasteiger partial charge in [-0.2, -0.15) is 0 Å². The minimum Gasteiger partial charge on any atom is -0.326 e. The van der Waals surface area contributed by atoms with E-state index in [1.165, 1.54) is 24.3 Å². The molecule has 0 aliphatic heterocycles. The van der Waals surface area contributed by atoms with Crippen LogP contribution in [-0.2, 0) is 33.1 Å². The molecule has 132 valence electrons. The van der Waals surface area contributed by atoms with Gasteiger partial charge in [0.1, 0.15) is 0 Å². The maximum absolute atomic E-state index is 10.8. The van der Waals surface area contributed by atoms with Crippen LogP contribution in [0.5, 0.6) is 0 Å². The monoisotopic (exact) mass is 372 g/mol. The Morgan fingerprint density at radius 3 is 1.00 bits per heavy atom. The Hall–Kier alpha value is -1.82. The zero-order valence-corrected chi connectivity index (χ0v) is 14.4. The van der Waals surface area contributed by atoms with Gasteiger partial charge in [-0.1, -0.05) is 24.3 Å². The van der Waals surface area contributed by atoms with E-state index in [1.54, 1.807) is 24.3 Å². The Kier molecular flexibility index (Phi) is 7.02. The normalized spacial score (nSPS) is 11.5. The minimum absolute atomic E-state index is 0.111. The number of nitrogens with two attached hydrogens (primary N) is 4. The number of benzene rings is 2. The quantitative estimate of drug-likeness (QED) is 0.567. The highest BCUT2D eigenvalue weighted by Crippen LogP contribution is 2.08. The Labute approximate surface area is 141 Å². The van der Waals surface area contributed by atoms with Crippen molar-refractivity contribution in [3.8, 4) is 0 Å². The molecule has 0 radical (unpaired) electrons. The van der Waals surface area contributed by atoms with Crippen molar-refractivity contribution in [2.75, 3.05) is 0 Å². The predicted octanol–water partition coefficient (Wildman–Crippen LogP) is -0.415. The molecular formula is C14H20N4O4S2. The van der Waals surface area contributed by atoms with Gasteiger partial charge in [-0.25, -0.2) is 27.1 Å². The van der Waals surface area contributed by atoms with E-state index in [1.807, 2.05) is 0 Å². The van der Waals surface area contributed by atoms with Gasteiger partial charge in [0.05, 0.1) is 9.79 Å². The van der Waals surface area contributed by atoms with E-state index in [4.69, 9.17) is 21.7 Å². The Bertz CT molecular complexity index is 786.